The number of nitrogens with one attached hydrogen (secondary N) is 1. The molecule has 4 nitrogen and oxygen atoms in total. The zero-order chi connectivity index (χ0) is 19.6. The lowest BCUT2D eigenvalue weighted by Gasteiger charge is -2.19. The summed E-state index contributed by atoms with van der Waals surface area (Å²) in [5.41, 5.74) is 0.161. The van der Waals surface area contributed by atoms with Gasteiger partial charge in [-0.1, -0.05) is 45.0 Å². The highest BCUT2D eigenvalue weighted by atomic mass is 32.2. The molecule has 0 saturated heterocycles. The number of halogens is 3. The Hall–Kier alpha value is -2.35. The average Bonchev–Trinajstić information content (AvgIpc) is 2.53. The molecule has 0 atom stereocenters. The summed E-state index contributed by atoms with van der Waals surface area (Å²) in [4.78, 5) is 2.02. The predicted molar refractivity (Wildman–Crippen MR) is 94.5 cm³/mol. The SMILES string of the molecule is CC(C)(C)c1ccc(S(=O)(=O)NN=Cc2cccc(C(F)(F)F)c2)cc1. The van der Waals surface area contributed by atoms with E-state index < -0.39 is 21.8 Å². The van der Waals surface area contributed by atoms with Gasteiger partial charge in [0.15, 0.2) is 0 Å². The van der Waals surface area contributed by atoms with E-state index in [1.54, 1.807) is 12.1 Å². The maximum Gasteiger partial charge on any atom is 0.416 e. The fourth-order valence-corrected chi connectivity index (χ4v) is 2.94. The van der Waals surface area contributed by atoms with E-state index in [1.807, 2.05) is 25.6 Å². The Morgan fingerprint density at radius 3 is 2.12 bits per heavy atom. The minimum Gasteiger partial charge on any atom is -0.200 e. The van der Waals surface area contributed by atoms with Crippen molar-refractivity contribution in [3.8, 4) is 0 Å². The molecule has 0 saturated carbocycles. The molecular formula is C18H19F3N2O2S. The molecule has 0 radical (unpaired) electrons. The molecule has 140 valence electrons. The topological polar surface area (TPSA) is 58.5 Å². The van der Waals surface area contributed by atoms with Crippen molar-refractivity contribution in [1.29, 1.82) is 0 Å². The number of hydrogen-bond donors (Lipinski definition) is 1. The van der Waals surface area contributed by atoms with E-state index in [9.17, 15) is 21.6 Å². The molecule has 26 heavy (non-hydrogen) atoms. The third-order valence-electron chi connectivity index (χ3n) is 3.63. The van der Waals surface area contributed by atoms with Gasteiger partial charge in [-0.3, -0.25) is 0 Å². The van der Waals surface area contributed by atoms with Crippen LogP contribution in [0, 0.1) is 0 Å². The van der Waals surface area contributed by atoms with Gasteiger partial charge in [0.1, 0.15) is 0 Å². The highest BCUT2D eigenvalue weighted by Gasteiger charge is 2.30. The van der Waals surface area contributed by atoms with Gasteiger partial charge in [0.2, 0.25) is 0 Å². The monoisotopic (exact) mass is 384 g/mol. The van der Waals surface area contributed by atoms with Crippen LogP contribution in [0.25, 0.3) is 0 Å². The smallest absolute Gasteiger partial charge is 0.200 e. The molecule has 0 aliphatic rings. The maximum absolute atomic E-state index is 12.7. The molecular weight excluding hydrogens is 365 g/mol. The van der Waals surface area contributed by atoms with Crippen LogP contribution in [-0.4, -0.2) is 14.6 Å². The third kappa shape index (κ3) is 5.08. The van der Waals surface area contributed by atoms with E-state index in [0.717, 1.165) is 23.9 Å². The molecule has 0 aliphatic carbocycles. The summed E-state index contributed by atoms with van der Waals surface area (Å²) in [5.74, 6) is 0. The molecule has 0 fully saturated rings. The summed E-state index contributed by atoms with van der Waals surface area (Å²) in [5, 5.41) is 3.55. The lowest BCUT2D eigenvalue weighted by Crippen LogP contribution is -2.19. The van der Waals surface area contributed by atoms with E-state index in [0.29, 0.717) is 0 Å². The van der Waals surface area contributed by atoms with Gasteiger partial charge in [-0.05, 0) is 40.8 Å². The maximum atomic E-state index is 12.7. The normalized spacial score (nSPS) is 13.2. The molecule has 0 amide bonds. The van der Waals surface area contributed by atoms with E-state index in [-0.39, 0.29) is 15.9 Å². The van der Waals surface area contributed by atoms with Crippen LogP contribution in [-0.2, 0) is 21.6 Å². The van der Waals surface area contributed by atoms with Gasteiger partial charge in [-0.2, -0.15) is 26.7 Å². The summed E-state index contributed by atoms with van der Waals surface area (Å²) in [6.07, 6.45) is -3.45. The molecule has 0 aliphatic heterocycles. The van der Waals surface area contributed by atoms with Crippen molar-refractivity contribution in [2.75, 3.05) is 0 Å². The molecule has 0 spiro atoms. The van der Waals surface area contributed by atoms with E-state index >= 15 is 0 Å². The van der Waals surface area contributed by atoms with E-state index in [4.69, 9.17) is 0 Å². The predicted octanol–water partition coefficient (Wildman–Crippen LogP) is 4.32. The standard InChI is InChI=1S/C18H19F3N2O2S/c1-17(2,3)14-7-9-16(10-8-14)26(24,25)23-22-12-13-5-4-6-15(11-13)18(19,20)21/h4-12,23H,1-3H3. The zero-order valence-corrected chi connectivity index (χ0v) is 15.3. The van der Waals surface area contributed by atoms with Crippen LogP contribution in [0.5, 0.6) is 0 Å². The Morgan fingerprint density at radius 1 is 0.962 bits per heavy atom. The minimum absolute atomic E-state index is 0.0201. The molecule has 1 N–H and O–H groups in total. The first-order valence-electron chi connectivity index (χ1n) is 7.72. The highest BCUT2D eigenvalue weighted by Crippen LogP contribution is 2.29. The van der Waals surface area contributed by atoms with E-state index in [2.05, 4.69) is 5.10 Å². The van der Waals surface area contributed by atoms with Gasteiger partial charge in [-0.15, -0.1) is 0 Å². The Morgan fingerprint density at radius 2 is 1.58 bits per heavy atom. The highest BCUT2D eigenvalue weighted by molar-refractivity contribution is 7.89. The van der Waals surface area contributed by atoms with Gasteiger partial charge in [0, 0.05) is 0 Å². The summed E-state index contributed by atoms with van der Waals surface area (Å²) in [6.45, 7) is 6.02. The van der Waals surface area contributed by atoms with Crippen LogP contribution >= 0.6 is 0 Å². The van der Waals surface area contributed by atoms with Crippen LogP contribution < -0.4 is 4.83 Å². The number of hydrogen-bond acceptors (Lipinski definition) is 3. The zero-order valence-electron chi connectivity index (χ0n) is 14.5. The van der Waals surface area contributed by atoms with Gasteiger partial charge in [-0.25, -0.2) is 4.83 Å². The Kier molecular flexibility index (Phi) is 5.46. The van der Waals surface area contributed by atoms with Crippen molar-refractivity contribution in [2.45, 2.75) is 37.3 Å². The Labute approximate surface area is 150 Å². The molecule has 0 aromatic heterocycles. The van der Waals surface area contributed by atoms with Crippen molar-refractivity contribution < 1.29 is 21.6 Å². The van der Waals surface area contributed by atoms with Crippen LogP contribution in [0.15, 0.2) is 58.5 Å². The minimum atomic E-state index is -4.47. The van der Waals surface area contributed by atoms with Gasteiger partial charge < -0.3 is 0 Å². The fourth-order valence-electron chi connectivity index (χ4n) is 2.15. The van der Waals surface area contributed by atoms with E-state index in [1.165, 1.54) is 24.3 Å². The lowest BCUT2D eigenvalue weighted by atomic mass is 9.87. The van der Waals surface area contributed by atoms with Crippen molar-refractivity contribution >= 4 is 16.2 Å². The number of hydrazone groups is 1. The molecule has 8 heteroatoms. The van der Waals surface area contributed by atoms with Crippen LogP contribution in [0.1, 0.15) is 37.5 Å². The van der Waals surface area contributed by atoms with Crippen molar-refractivity contribution in [2.24, 2.45) is 5.10 Å². The summed E-state index contributed by atoms with van der Waals surface area (Å²) in [6, 6.07) is 10.8. The first-order valence-corrected chi connectivity index (χ1v) is 9.20. The van der Waals surface area contributed by atoms with Gasteiger partial charge in [0.25, 0.3) is 10.0 Å². The lowest BCUT2D eigenvalue weighted by molar-refractivity contribution is -0.137. The molecule has 0 bridgehead atoms. The Balaban J connectivity index is 2.14. The molecule has 0 unspecified atom stereocenters. The number of benzene rings is 2. The number of rotatable bonds is 4. The van der Waals surface area contributed by atoms with Gasteiger partial charge in [0.05, 0.1) is 16.7 Å². The second-order valence-electron chi connectivity index (χ2n) is 6.75. The van der Waals surface area contributed by atoms with Crippen LogP contribution in [0.3, 0.4) is 0 Å². The second kappa shape index (κ2) is 7.11. The fraction of sp³-hybridized carbons (Fsp3) is 0.278. The van der Waals surface area contributed by atoms with Gasteiger partial charge >= 0.3 is 6.18 Å². The summed E-state index contributed by atoms with van der Waals surface area (Å²) < 4.78 is 62.4. The van der Waals surface area contributed by atoms with Crippen molar-refractivity contribution in [3.05, 3.63) is 65.2 Å². The average molecular weight is 384 g/mol. The summed E-state index contributed by atoms with van der Waals surface area (Å²) >= 11 is 0. The second-order valence-corrected chi connectivity index (χ2v) is 8.41. The molecule has 0 heterocycles. The van der Waals surface area contributed by atoms with Crippen molar-refractivity contribution in [3.63, 3.8) is 0 Å². The number of nitrogens with zero attached hydrogens (tertiary/aromatic N) is 1. The van der Waals surface area contributed by atoms with Crippen LogP contribution in [0.2, 0.25) is 0 Å². The Bertz CT molecular complexity index is 897. The molecule has 2 aromatic rings. The summed E-state index contributed by atoms with van der Waals surface area (Å²) in [7, 11) is -3.90. The first kappa shape index (κ1) is 20.0. The van der Waals surface area contributed by atoms with Crippen LogP contribution in [0.4, 0.5) is 13.2 Å². The first-order chi connectivity index (χ1) is 11.9. The third-order valence-corrected chi connectivity index (χ3v) is 4.87. The van der Waals surface area contributed by atoms with Crippen molar-refractivity contribution in [1.82, 2.24) is 4.83 Å². The number of sulfonamides is 1. The number of alkyl halides is 3. The quantitative estimate of drug-likeness (QED) is 0.631. The molecule has 2 aromatic carbocycles. The molecule has 2 rings (SSSR count). The largest absolute Gasteiger partial charge is 0.416 e.